The molecule has 0 aliphatic rings. The first-order chi connectivity index (χ1) is 8.55. The number of carbonyl (C=O) groups is 1. The van der Waals surface area contributed by atoms with Crippen LogP contribution < -0.4 is 4.52 Å². The van der Waals surface area contributed by atoms with E-state index in [0.29, 0.717) is 5.56 Å². The van der Waals surface area contributed by atoms with Crippen molar-refractivity contribution in [1.29, 1.82) is 0 Å². The van der Waals surface area contributed by atoms with Gasteiger partial charge in [-0.1, -0.05) is 12.1 Å². The minimum atomic E-state index is -4.55. The van der Waals surface area contributed by atoms with Gasteiger partial charge in [-0.3, -0.25) is 14.6 Å². The number of benzene rings is 1. The molecule has 19 heavy (non-hydrogen) atoms. The summed E-state index contributed by atoms with van der Waals surface area (Å²) in [7, 11) is -4.55. The molecule has 0 aliphatic heterocycles. The second-order valence-corrected chi connectivity index (χ2v) is 6.15. The van der Waals surface area contributed by atoms with Gasteiger partial charge in [-0.15, -0.1) is 0 Å². The number of phosphoric acid groups is 1. The van der Waals surface area contributed by atoms with Crippen molar-refractivity contribution in [1.82, 2.24) is 0 Å². The van der Waals surface area contributed by atoms with Crippen LogP contribution in [0.15, 0.2) is 24.3 Å². The Labute approximate surface area is 111 Å². The van der Waals surface area contributed by atoms with Gasteiger partial charge >= 0.3 is 13.8 Å². The summed E-state index contributed by atoms with van der Waals surface area (Å²) in [4.78, 5) is 28.8. The van der Waals surface area contributed by atoms with E-state index in [2.05, 4.69) is 4.52 Å². The third-order valence-corrected chi connectivity index (χ3v) is 2.36. The third kappa shape index (κ3) is 6.96. The van der Waals surface area contributed by atoms with Crippen LogP contribution in [0, 0.1) is 0 Å². The van der Waals surface area contributed by atoms with Crippen LogP contribution in [-0.2, 0) is 20.5 Å². The Bertz CT molecular complexity index is 482. The van der Waals surface area contributed by atoms with Gasteiger partial charge in [0.15, 0.2) is 0 Å². The van der Waals surface area contributed by atoms with Gasteiger partial charge in [0.2, 0.25) is 0 Å². The molecule has 0 radical (unpaired) electrons. The van der Waals surface area contributed by atoms with Gasteiger partial charge in [0.25, 0.3) is 0 Å². The van der Waals surface area contributed by atoms with E-state index in [1.54, 1.807) is 32.9 Å². The maximum atomic E-state index is 11.6. The quantitative estimate of drug-likeness (QED) is 0.650. The Hall–Kier alpha value is -1.36. The fraction of sp³-hybridized carbons (Fsp3) is 0.417. The van der Waals surface area contributed by atoms with Gasteiger partial charge < -0.3 is 9.26 Å². The average molecular weight is 288 g/mol. The maximum Gasteiger partial charge on any atom is 0.524 e. The lowest BCUT2D eigenvalue weighted by Crippen LogP contribution is -2.24. The van der Waals surface area contributed by atoms with Crippen LogP contribution in [-0.4, -0.2) is 21.4 Å². The van der Waals surface area contributed by atoms with E-state index in [1.807, 2.05) is 0 Å². The summed E-state index contributed by atoms with van der Waals surface area (Å²) in [6, 6.07) is 5.88. The van der Waals surface area contributed by atoms with Crippen molar-refractivity contribution in [3.63, 3.8) is 0 Å². The van der Waals surface area contributed by atoms with Crippen LogP contribution in [0.25, 0.3) is 0 Å². The molecule has 0 saturated heterocycles. The summed E-state index contributed by atoms with van der Waals surface area (Å²) >= 11 is 0. The molecule has 0 unspecified atom stereocenters. The zero-order chi connectivity index (χ0) is 14.7. The largest absolute Gasteiger partial charge is 0.524 e. The van der Waals surface area contributed by atoms with Gasteiger partial charge in [0.05, 0.1) is 6.42 Å². The van der Waals surface area contributed by atoms with E-state index >= 15 is 0 Å². The van der Waals surface area contributed by atoms with E-state index in [1.165, 1.54) is 12.1 Å². The minimum absolute atomic E-state index is 0.0428. The van der Waals surface area contributed by atoms with E-state index in [4.69, 9.17) is 14.5 Å². The Morgan fingerprint density at radius 1 is 1.21 bits per heavy atom. The first kappa shape index (κ1) is 15.7. The first-order valence-electron chi connectivity index (χ1n) is 5.61. The Morgan fingerprint density at radius 3 is 2.16 bits per heavy atom. The van der Waals surface area contributed by atoms with Crippen molar-refractivity contribution in [3.05, 3.63) is 29.8 Å². The molecule has 1 aromatic carbocycles. The van der Waals surface area contributed by atoms with Crippen LogP contribution in [0.2, 0.25) is 0 Å². The summed E-state index contributed by atoms with van der Waals surface area (Å²) in [5.74, 6) is -0.322. The van der Waals surface area contributed by atoms with Crippen molar-refractivity contribution < 1.29 is 28.4 Å². The molecule has 0 heterocycles. The summed E-state index contributed by atoms with van der Waals surface area (Å²) in [5, 5.41) is 0. The molecule has 0 bridgehead atoms. The number of carbonyl (C=O) groups excluding carboxylic acids is 1. The lowest BCUT2D eigenvalue weighted by atomic mass is 10.1. The molecule has 106 valence electrons. The highest BCUT2D eigenvalue weighted by Gasteiger charge is 2.17. The monoisotopic (exact) mass is 288 g/mol. The molecule has 1 aromatic rings. The van der Waals surface area contributed by atoms with E-state index < -0.39 is 13.4 Å². The van der Waals surface area contributed by atoms with Gasteiger partial charge in [-0.25, -0.2) is 4.57 Å². The topological polar surface area (TPSA) is 93.1 Å². The molecule has 0 spiro atoms. The number of ether oxygens (including phenoxy) is 1. The molecule has 0 aliphatic carbocycles. The highest BCUT2D eigenvalue weighted by Crippen LogP contribution is 2.37. The van der Waals surface area contributed by atoms with Crippen LogP contribution in [0.3, 0.4) is 0 Å². The smallest absolute Gasteiger partial charge is 0.460 e. The SMILES string of the molecule is CC(C)(C)OC(=O)Cc1ccc(OP(=O)(O)O)cc1. The predicted octanol–water partition coefficient (Wildman–Crippen LogP) is 2.04. The zero-order valence-corrected chi connectivity index (χ0v) is 11.9. The highest BCUT2D eigenvalue weighted by atomic mass is 31.2. The highest BCUT2D eigenvalue weighted by molar-refractivity contribution is 7.46. The van der Waals surface area contributed by atoms with Crippen LogP contribution in [0.1, 0.15) is 26.3 Å². The molecule has 6 nitrogen and oxygen atoms in total. The molecule has 0 fully saturated rings. The Balaban J connectivity index is 2.62. The Morgan fingerprint density at radius 2 is 1.74 bits per heavy atom. The number of rotatable bonds is 4. The lowest BCUT2D eigenvalue weighted by molar-refractivity contribution is -0.153. The molecule has 1 rings (SSSR count). The fourth-order valence-electron chi connectivity index (χ4n) is 1.35. The molecule has 7 heteroatoms. The maximum absolute atomic E-state index is 11.6. The third-order valence-electron chi connectivity index (χ3n) is 1.92. The second-order valence-electron chi connectivity index (χ2n) is 4.99. The second kappa shape index (κ2) is 5.74. The summed E-state index contributed by atoms with van der Waals surface area (Å²) in [5.41, 5.74) is 0.132. The normalized spacial score (nSPS) is 12.1. The number of esters is 1. The fourth-order valence-corrected chi connectivity index (χ4v) is 1.75. The molecule has 0 saturated carbocycles. The van der Waals surface area contributed by atoms with Crippen molar-refractivity contribution >= 4 is 13.8 Å². The van der Waals surface area contributed by atoms with Crippen molar-refractivity contribution in [2.45, 2.75) is 32.8 Å². The van der Waals surface area contributed by atoms with Crippen LogP contribution in [0.5, 0.6) is 5.75 Å². The van der Waals surface area contributed by atoms with Gasteiger partial charge in [0, 0.05) is 0 Å². The van der Waals surface area contributed by atoms with Gasteiger partial charge in [-0.05, 0) is 38.5 Å². The zero-order valence-electron chi connectivity index (χ0n) is 11.0. The van der Waals surface area contributed by atoms with E-state index in [0.717, 1.165) is 0 Å². The summed E-state index contributed by atoms with van der Waals surface area (Å²) in [6.45, 7) is 5.34. The molecular formula is C12H17O6P. The first-order valence-corrected chi connectivity index (χ1v) is 7.14. The predicted molar refractivity (Wildman–Crippen MR) is 68.7 cm³/mol. The van der Waals surface area contributed by atoms with Gasteiger partial charge in [-0.2, -0.15) is 0 Å². The molecular weight excluding hydrogens is 271 g/mol. The number of phosphoric ester groups is 1. The minimum Gasteiger partial charge on any atom is -0.460 e. The average Bonchev–Trinajstić information content (AvgIpc) is 2.15. The van der Waals surface area contributed by atoms with Crippen LogP contribution >= 0.6 is 7.82 Å². The number of hydrogen-bond acceptors (Lipinski definition) is 4. The Kier molecular flexibility index (Phi) is 4.74. The van der Waals surface area contributed by atoms with E-state index in [9.17, 15) is 9.36 Å². The van der Waals surface area contributed by atoms with E-state index in [-0.39, 0.29) is 18.1 Å². The standard InChI is InChI=1S/C12H17O6P/c1-12(2,3)17-11(13)8-9-4-6-10(7-5-9)18-19(14,15)16/h4-7H,8H2,1-3H3,(H2,14,15,16). The van der Waals surface area contributed by atoms with Crippen LogP contribution in [0.4, 0.5) is 0 Å². The molecule has 0 atom stereocenters. The lowest BCUT2D eigenvalue weighted by Gasteiger charge is -2.19. The van der Waals surface area contributed by atoms with Crippen molar-refractivity contribution in [2.75, 3.05) is 0 Å². The molecule has 2 N–H and O–H groups in total. The molecule has 0 amide bonds. The number of hydrogen-bond donors (Lipinski definition) is 2. The molecule has 0 aromatic heterocycles. The summed E-state index contributed by atoms with van der Waals surface area (Å²) < 4.78 is 20.2. The van der Waals surface area contributed by atoms with Crippen molar-refractivity contribution in [3.8, 4) is 5.75 Å². The van der Waals surface area contributed by atoms with Crippen molar-refractivity contribution in [2.24, 2.45) is 0 Å². The van der Waals surface area contributed by atoms with Gasteiger partial charge in [0.1, 0.15) is 11.4 Å². The summed E-state index contributed by atoms with van der Waals surface area (Å²) in [6.07, 6.45) is 0.0907.